The summed E-state index contributed by atoms with van der Waals surface area (Å²) in [5.41, 5.74) is 0.184. The first-order valence-electron chi connectivity index (χ1n) is 6.33. The van der Waals surface area contributed by atoms with E-state index in [9.17, 15) is 9.18 Å². The van der Waals surface area contributed by atoms with E-state index in [1.807, 2.05) is 13.2 Å². The number of carbonyl (C=O) groups is 1. The van der Waals surface area contributed by atoms with Crippen LogP contribution in [0.15, 0.2) is 24.3 Å². The van der Waals surface area contributed by atoms with Crippen molar-refractivity contribution in [2.75, 3.05) is 25.7 Å². The molecule has 0 aromatic heterocycles. The van der Waals surface area contributed by atoms with Gasteiger partial charge in [0.2, 0.25) is 0 Å². The van der Waals surface area contributed by atoms with Crippen LogP contribution in [0.5, 0.6) is 0 Å². The number of anilines is 1. The average Bonchev–Trinajstić information content (AvgIpc) is 2.46. The van der Waals surface area contributed by atoms with Gasteiger partial charge in [-0.2, -0.15) is 0 Å². The fourth-order valence-electron chi connectivity index (χ4n) is 1.69. The molecule has 0 saturated heterocycles. The topological polar surface area (TPSA) is 41.6 Å². The largest absolute Gasteiger partial charge is 0.382 e. The molecule has 0 heterocycles. The number of carbonyl (C=O) groups excluding carboxylic acids is 1. The zero-order valence-corrected chi connectivity index (χ0v) is 13.0. The third-order valence-corrected chi connectivity index (χ3v) is 4.13. The minimum Gasteiger partial charge on any atom is -0.382 e. The summed E-state index contributed by atoms with van der Waals surface area (Å²) in [4.78, 5) is 13.7. The summed E-state index contributed by atoms with van der Waals surface area (Å²) in [6, 6.07) is 5.77. The van der Waals surface area contributed by atoms with Crippen LogP contribution in [0.25, 0.3) is 0 Å². The molecule has 0 aliphatic carbocycles. The first-order chi connectivity index (χ1) is 9.49. The van der Waals surface area contributed by atoms with Gasteiger partial charge in [-0.15, -0.1) is 11.8 Å². The first kappa shape index (κ1) is 16.8. The molecule has 1 N–H and O–H groups in total. The van der Waals surface area contributed by atoms with Gasteiger partial charge in [-0.05, 0) is 25.3 Å². The molecule has 0 bridgehead atoms. The minimum atomic E-state index is -0.444. The van der Waals surface area contributed by atoms with E-state index in [-0.39, 0.29) is 23.2 Å². The lowest BCUT2D eigenvalue weighted by Gasteiger charge is -2.28. The summed E-state index contributed by atoms with van der Waals surface area (Å²) < 4.78 is 18.7. The Morgan fingerprint density at radius 1 is 1.50 bits per heavy atom. The molecule has 0 spiro atoms. The Labute approximate surface area is 123 Å². The summed E-state index contributed by atoms with van der Waals surface area (Å²) in [6.45, 7) is 1.95. The van der Waals surface area contributed by atoms with Crippen LogP contribution in [0, 0.1) is 5.82 Å². The maximum atomic E-state index is 13.5. The van der Waals surface area contributed by atoms with Crippen LogP contribution in [0.3, 0.4) is 0 Å². The lowest BCUT2D eigenvalue weighted by Crippen LogP contribution is -2.39. The number of nitrogens with one attached hydrogen (secondary N) is 1. The number of para-hydroxylation sites is 1. The van der Waals surface area contributed by atoms with Crippen molar-refractivity contribution in [2.45, 2.75) is 24.8 Å². The van der Waals surface area contributed by atoms with Gasteiger partial charge in [0.05, 0.1) is 17.2 Å². The zero-order valence-electron chi connectivity index (χ0n) is 12.2. The number of halogens is 1. The van der Waals surface area contributed by atoms with Gasteiger partial charge < -0.3 is 15.0 Å². The molecular formula is C14H21FN2O2S. The first-order valence-corrected chi connectivity index (χ1v) is 7.62. The Morgan fingerprint density at radius 3 is 2.70 bits per heavy atom. The number of hydrogen-bond donors (Lipinski definition) is 1. The second kappa shape index (κ2) is 8.11. The van der Waals surface area contributed by atoms with Crippen molar-refractivity contribution in [3.05, 3.63) is 30.1 Å². The standard InChI is InChI=1S/C14H21FN2O2S/c1-10(19-3)9-13(20-4)17(2)14(18)16-12-8-6-5-7-11(12)15/h5-8,10,13H,9H2,1-4H3,(H,16,18). The van der Waals surface area contributed by atoms with E-state index in [1.54, 1.807) is 43.0 Å². The number of nitrogens with zero attached hydrogens (tertiary/aromatic N) is 1. The van der Waals surface area contributed by atoms with Gasteiger partial charge in [-0.25, -0.2) is 9.18 Å². The van der Waals surface area contributed by atoms with E-state index in [0.717, 1.165) is 0 Å². The quantitative estimate of drug-likeness (QED) is 0.819. The summed E-state index contributed by atoms with van der Waals surface area (Å²) in [5.74, 6) is -0.444. The average molecular weight is 300 g/mol. The normalized spacial score (nSPS) is 13.7. The van der Waals surface area contributed by atoms with Gasteiger partial charge in [0, 0.05) is 20.6 Å². The highest BCUT2D eigenvalue weighted by Gasteiger charge is 2.21. The molecule has 1 rings (SSSR count). The number of methoxy groups -OCH3 is 1. The Morgan fingerprint density at radius 2 is 2.15 bits per heavy atom. The summed E-state index contributed by atoms with van der Waals surface area (Å²) in [7, 11) is 3.33. The molecule has 4 nitrogen and oxygen atoms in total. The van der Waals surface area contributed by atoms with Gasteiger partial charge in [-0.3, -0.25) is 0 Å². The number of amides is 2. The van der Waals surface area contributed by atoms with Crippen molar-refractivity contribution < 1.29 is 13.9 Å². The van der Waals surface area contributed by atoms with Crippen molar-refractivity contribution in [1.29, 1.82) is 0 Å². The lowest BCUT2D eigenvalue weighted by atomic mass is 10.2. The number of rotatable bonds is 6. The van der Waals surface area contributed by atoms with Crippen LogP contribution in [-0.2, 0) is 4.74 Å². The number of hydrogen-bond acceptors (Lipinski definition) is 3. The Kier molecular flexibility index (Phi) is 6.81. The third-order valence-electron chi connectivity index (χ3n) is 3.08. The fraction of sp³-hybridized carbons (Fsp3) is 0.500. The van der Waals surface area contributed by atoms with E-state index < -0.39 is 5.82 Å². The van der Waals surface area contributed by atoms with E-state index in [0.29, 0.717) is 6.42 Å². The number of benzene rings is 1. The number of urea groups is 1. The molecule has 0 aliphatic heterocycles. The van der Waals surface area contributed by atoms with E-state index in [2.05, 4.69) is 5.32 Å². The van der Waals surface area contributed by atoms with Crippen molar-refractivity contribution in [3.8, 4) is 0 Å². The predicted octanol–water partition coefficient (Wildman–Crippen LogP) is 3.40. The number of thioether (sulfide) groups is 1. The molecule has 6 heteroatoms. The number of ether oxygens (including phenoxy) is 1. The van der Waals surface area contributed by atoms with Crippen molar-refractivity contribution in [1.82, 2.24) is 4.90 Å². The van der Waals surface area contributed by atoms with E-state index in [1.165, 1.54) is 12.1 Å². The molecule has 1 aromatic carbocycles. The highest BCUT2D eigenvalue weighted by molar-refractivity contribution is 7.99. The van der Waals surface area contributed by atoms with Gasteiger partial charge in [0.25, 0.3) is 0 Å². The summed E-state index contributed by atoms with van der Waals surface area (Å²) in [5, 5.41) is 2.54. The van der Waals surface area contributed by atoms with E-state index >= 15 is 0 Å². The van der Waals surface area contributed by atoms with Crippen molar-refractivity contribution >= 4 is 23.5 Å². The van der Waals surface area contributed by atoms with Crippen LogP contribution in [-0.4, -0.2) is 42.8 Å². The highest BCUT2D eigenvalue weighted by Crippen LogP contribution is 2.20. The fourth-order valence-corrected chi connectivity index (χ4v) is 2.56. The lowest BCUT2D eigenvalue weighted by molar-refractivity contribution is 0.0996. The molecule has 2 unspecified atom stereocenters. The summed E-state index contributed by atoms with van der Waals surface area (Å²) in [6.07, 6.45) is 2.69. The van der Waals surface area contributed by atoms with Gasteiger partial charge in [0.1, 0.15) is 5.82 Å². The SMILES string of the molecule is COC(C)CC(SC)N(C)C(=O)Nc1ccccc1F. The molecule has 2 atom stereocenters. The Hall–Kier alpha value is -1.27. The Balaban J connectivity index is 2.67. The van der Waals surface area contributed by atoms with Crippen molar-refractivity contribution in [2.24, 2.45) is 0 Å². The molecule has 0 fully saturated rings. The predicted molar refractivity (Wildman–Crippen MR) is 81.6 cm³/mol. The smallest absolute Gasteiger partial charge is 0.322 e. The third kappa shape index (κ3) is 4.68. The van der Waals surface area contributed by atoms with Crippen LogP contribution >= 0.6 is 11.8 Å². The molecule has 112 valence electrons. The van der Waals surface area contributed by atoms with Gasteiger partial charge >= 0.3 is 6.03 Å². The maximum absolute atomic E-state index is 13.5. The maximum Gasteiger partial charge on any atom is 0.322 e. The molecule has 2 amide bonds. The van der Waals surface area contributed by atoms with E-state index in [4.69, 9.17) is 4.74 Å². The van der Waals surface area contributed by atoms with Crippen LogP contribution in [0.2, 0.25) is 0 Å². The van der Waals surface area contributed by atoms with Crippen LogP contribution < -0.4 is 5.32 Å². The monoisotopic (exact) mass is 300 g/mol. The van der Waals surface area contributed by atoms with Gasteiger partial charge in [0.15, 0.2) is 0 Å². The van der Waals surface area contributed by atoms with Crippen LogP contribution in [0.1, 0.15) is 13.3 Å². The molecule has 20 heavy (non-hydrogen) atoms. The molecule has 0 radical (unpaired) electrons. The highest BCUT2D eigenvalue weighted by atomic mass is 32.2. The molecule has 0 aliphatic rings. The second-order valence-corrected chi connectivity index (χ2v) is 5.51. The second-order valence-electron chi connectivity index (χ2n) is 4.49. The molecule has 1 aromatic rings. The Bertz CT molecular complexity index is 445. The minimum absolute atomic E-state index is 0.0308. The summed E-state index contributed by atoms with van der Waals surface area (Å²) >= 11 is 1.56. The zero-order chi connectivity index (χ0) is 15.1. The molecule has 0 saturated carbocycles. The van der Waals surface area contributed by atoms with Crippen LogP contribution in [0.4, 0.5) is 14.9 Å². The van der Waals surface area contributed by atoms with Gasteiger partial charge in [-0.1, -0.05) is 12.1 Å². The van der Waals surface area contributed by atoms with Crippen molar-refractivity contribution in [3.63, 3.8) is 0 Å². The molecular weight excluding hydrogens is 279 g/mol.